The number of non-ortho nitro benzene ring substituents is 1. The Bertz CT molecular complexity index is 485. The predicted molar refractivity (Wildman–Crippen MR) is 74.4 cm³/mol. The third-order valence-corrected chi connectivity index (χ3v) is 3.45. The smallest absolute Gasteiger partial charge is 0.270 e. The maximum absolute atomic E-state index is 13.4. The molecule has 0 fully saturated rings. The number of nitro benzene ring substituents is 1. The van der Waals surface area contributed by atoms with Crippen LogP contribution in [0.5, 0.6) is 0 Å². The van der Waals surface area contributed by atoms with E-state index in [9.17, 15) is 19.3 Å². The molecule has 1 rings (SSSR count). The van der Waals surface area contributed by atoms with Gasteiger partial charge >= 0.3 is 0 Å². The van der Waals surface area contributed by atoms with Gasteiger partial charge in [-0.2, -0.15) is 11.8 Å². The zero-order chi connectivity index (χ0) is 15.0. The fourth-order valence-electron chi connectivity index (χ4n) is 1.40. The van der Waals surface area contributed by atoms with E-state index in [1.54, 1.807) is 11.8 Å². The number of amides is 1. The summed E-state index contributed by atoms with van der Waals surface area (Å²) >= 11 is 1.55. The quantitative estimate of drug-likeness (QED) is 0.432. The van der Waals surface area contributed by atoms with Gasteiger partial charge in [-0.3, -0.25) is 14.9 Å². The number of nitrogens with zero attached hydrogens (tertiary/aromatic N) is 1. The Morgan fingerprint density at radius 2 is 2.20 bits per heavy atom. The van der Waals surface area contributed by atoms with Crippen LogP contribution in [0.4, 0.5) is 10.1 Å². The lowest BCUT2D eigenvalue weighted by Crippen LogP contribution is -2.26. The summed E-state index contributed by atoms with van der Waals surface area (Å²) in [7, 11) is 0. The molecule has 0 aromatic heterocycles. The van der Waals surface area contributed by atoms with Crippen molar-refractivity contribution < 1.29 is 19.2 Å². The third-order valence-electron chi connectivity index (χ3n) is 2.38. The Hall–Kier alpha value is -1.67. The van der Waals surface area contributed by atoms with E-state index in [0.29, 0.717) is 18.7 Å². The van der Waals surface area contributed by atoms with Crippen LogP contribution in [0, 0.1) is 15.9 Å². The molecule has 0 bridgehead atoms. The standard InChI is InChI=1S/C12H15FN2O4S/c13-11-3-2-9(15(18)19)8-10(11)12(17)14-4-7-20-6-1-5-16/h2-3,8,16H,1,4-7H2,(H,14,17). The fourth-order valence-corrected chi connectivity index (χ4v) is 2.19. The molecule has 0 saturated heterocycles. The average molecular weight is 302 g/mol. The highest BCUT2D eigenvalue weighted by Crippen LogP contribution is 2.16. The molecular formula is C12H15FN2O4S. The number of carbonyl (C=O) groups excluding carboxylic acids is 1. The van der Waals surface area contributed by atoms with Crippen LogP contribution >= 0.6 is 11.8 Å². The molecule has 20 heavy (non-hydrogen) atoms. The Balaban J connectivity index is 2.50. The molecule has 0 unspecified atom stereocenters. The molecular weight excluding hydrogens is 287 g/mol. The van der Waals surface area contributed by atoms with E-state index in [2.05, 4.69) is 5.32 Å². The van der Waals surface area contributed by atoms with Crippen LogP contribution < -0.4 is 5.32 Å². The number of hydrogen-bond donors (Lipinski definition) is 2. The monoisotopic (exact) mass is 302 g/mol. The maximum Gasteiger partial charge on any atom is 0.270 e. The summed E-state index contributed by atoms with van der Waals surface area (Å²) in [5.41, 5.74) is -0.659. The van der Waals surface area contributed by atoms with Crippen molar-refractivity contribution in [1.82, 2.24) is 5.32 Å². The van der Waals surface area contributed by atoms with Gasteiger partial charge in [0.05, 0.1) is 10.5 Å². The molecule has 0 radical (unpaired) electrons. The van der Waals surface area contributed by atoms with Crippen molar-refractivity contribution in [3.63, 3.8) is 0 Å². The summed E-state index contributed by atoms with van der Waals surface area (Å²) in [6, 6.07) is 2.84. The number of rotatable bonds is 8. The van der Waals surface area contributed by atoms with Gasteiger partial charge in [-0.05, 0) is 18.2 Å². The molecule has 1 aromatic rings. The highest BCUT2D eigenvalue weighted by molar-refractivity contribution is 7.99. The first-order valence-corrected chi connectivity index (χ1v) is 7.12. The van der Waals surface area contributed by atoms with Crippen molar-refractivity contribution >= 4 is 23.4 Å². The largest absolute Gasteiger partial charge is 0.396 e. The van der Waals surface area contributed by atoms with Crippen LogP contribution in [0.1, 0.15) is 16.8 Å². The van der Waals surface area contributed by atoms with Crippen molar-refractivity contribution in [1.29, 1.82) is 0 Å². The molecule has 110 valence electrons. The maximum atomic E-state index is 13.4. The molecule has 0 aliphatic heterocycles. The minimum Gasteiger partial charge on any atom is -0.396 e. The van der Waals surface area contributed by atoms with E-state index in [4.69, 9.17) is 5.11 Å². The van der Waals surface area contributed by atoms with Gasteiger partial charge in [0.25, 0.3) is 11.6 Å². The van der Waals surface area contributed by atoms with Crippen LogP contribution in [0.3, 0.4) is 0 Å². The van der Waals surface area contributed by atoms with E-state index in [1.807, 2.05) is 0 Å². The summed E-state index contributed by atoms with van der Waals surface area (Å²) in [6.45, 7) is 0.454. The number of benzene rings is 1. The highest BCUT2D eigenvalue weighted by Gasteiger charge is 2.16. The van der Waals surface area contributed by atoms with Crippen LogP contribution in [-0.2, 0) is 0 Å². The van der Waals surface area contributed by atoms with Crippen molar-refractivity contribution in [2.24, 2.45) is 0 Å². The van der Waals surface area contributed by atoms with Crippen LogP contribution in [-0.4, -0.2) is 40.6 Å². The SMILES string of the molecule is O=C(NCCSCCCO)c1cc([N+](=O)[O-])ccc1F. The number of halogens is 1. The molecule has 0 aliphatic rings. The van der Waals surface area contributed by atoms with Gasteiger partial charge in [-0.15, -0.1) is 0 Å². The normalized spacial score (nSPS) is 10.3. The Kier molecular flexibility index (Phi) is 6.96. The molecule has 0 spiro atoms. The number of aliphatic hydroxyl groups excluding tert-OH is 1. The lowest BCUT2D eigenvalue weighted by Gasteiger charge is -2.06. The second-order valence-corrected chi connectivity index (χ2v) is 5.09. The molecule has 2 N–H and O–H groups in total. The van der Waals surface area contributed by atoms with Gasteiger partial charge in [0.2, 0.25) is 0 Å². The van der Waals surface area contributed by atoms with Gasteiger partial charge in [-0.1, -0.05) is 0 Å². The molecule has 0 atom stereocenters. The minimum absolute atomic E-state index is 0.123. The number of aliphatic hydroxyl groups is 1. The van der Waals surface area contributed by atoms with E-state index >= 15 is 0 Å². The van der Waals surface area contributed by atoms with Crippen molar-refractivity contribution in [3.05, 3.63) is 39.7 Å². The molecule has 1 aromatic carbocycles. The van der Waals surface area contributed by atoms with Crippen LogP contribution in [0.15, 0.2) is 18.2 Å². The third kappa shape index (κ3) is 5.14. The van der Waals surface area contributed by atoms with E-state index < -0.39 is 16.6 Å². The lowest BCUT2D eigenvalue weighted by molar-refractivity contribution is -0.384. The number of hydrogen-bond acceptors (Lipinski definition) is 5. The first-order valence-electron chi connectivity index (χ1n) is 5.97. The lowest BCUT2D eigenvalue weighted by atomic mass is 10.2. The molecule has 1 amide bonds. The van der Waals surface area contributed by atoms with Gasteiger partial charge < -0.3 is 10.4 Å². The van der Waals surface area contributed by atoms with Crippen LogP contribution in [0.25, 0.3) is 0 Å². The topological polar surface area (TPSA) is 92.5 Å². The molecule has 6 nitrogen and oxygen atoms in total. The predicted octanol–water partition coefficient (Wildman–Crippen LogP) is 1.58. The number of thioether (sulfide) groups is 1. The van der Waals surface area contributed by atoms with Crippen molar-refractivity contribution in [3.8, 4) is 0 Å². The van der Waals surface area contributed by atoms with Gasteiger partial charge in [0.15, 0.2) is 0 Å². The Labute approximate surface area is 119 Å². The Morgan fingerprint density at radius 1 is 1.45 bits per heavy atom. The van der Waals surface area contributed by atoms with E-state index in [0.717, 1.165) is 24.0 Å². The van der Waals surface area contributed by atoms with E-state index in [1.165, 1.54) is 0 Å². The summed E-state index contributed by atoms with van der Waals surface area (Å²) in [4.78, 5) is 21.6. The number of nitro groups is 1. The van der Waals surface area contributed by atoms with Gasteiger partial charge in [0, 0.05) is 31.0 Å². The van der Waals surface area contributed by atoms with E-state index in [-0.39, 0.29) is 17.9 Å². The van der Waals surface area contributed by atoms with Crippen molar-refractivity contribution in [2.75, 3.05) is 24.7 Å². The summed E-state index contributed by atoms with van der Waals surface area (Å²) < 4.78 is 13.4. The second kappa shape index (κ2) is 8.49. The number of nitrogens with one attached hydrogen (secondary N) is 1. The summed E-state index contributed by atoms with van der Waals surface area (Å²) in [6.07, 6.45) is 0.679. The fraction of sp³-hybridized carbons (Fsp3) is 0.417. The first kappa shape index (κ1) is 16.4. The van der Waals surface area contributed by atoms with Crippen LogP contribution in [0.2, 0.25) is 0 Å². The first-order chi connectivity index (χ1) is 9.56. The summed E-state index contributed by atoms with van der Waals surface area (Å²) in [5, 5.41) is 21.7. The second-order valence-electron chi connectivity index (χ2n) is 3.87. The zero-order valence-corrected chi connectivity index (χ0v) is 11.5. The highest BCUT2D eigenvalue weighted by atomic mass is 32.2. The number of carbonyl (C=O) groups is 1. The molecule has 0 aliphatic carbocycles. The average Bonchev–Trinajstić information content (AvgIpc) is 2.42. The van der Waals surface area contributed by atoms with Crippen molar-refractivity contribution in [2.45, 2.75) is 6.42 Å². The molecule has 0 heterocycles. The molecule has 8 heteroatoms. The molecule has 0 saturated carbocycles. The van der Waals surface area contributed by atoms with Gasteiger partial charge in [0.1, 0.15) is 5.82 Å². The minimum atomic E-state index is -0.791. The Morgan fingerprint density at radius 3 is 2.85 bits per heavy atom. The summed E-state index contributed by atoms with van der Waals surface area (Å²) in [5.74, 6) is -0.0604. The zero-order valence-electron chi connectivity index (χ0n) is 10.7. The van der Waals surface area contributed by atoms with Gasteiger partial charge in [-0.25, -0.2) is 4.39 Å².